The Morgan fingerprint density at radius 2 is 2.00 bits per heavy atom. The van der Waals surface area contributed by atoms with Crippen molar-refractivity contribution in [1.29, 1.82) is 0 Å². The second-order valence-corrected chi connectivity index (χ2v) is 3.76. The molecule has 72 valence electrons. The van der Waals surface area contributed by atoms with Gasteiger partial charge in [0, 0.05) is 6.61 Å². The van der Waals surface area contributed by atoms with E-state index in [4.69, 9.17) is 9.84 Å². The van der Waals surface area contributed by atoms with Gasteiger partial charge >= 0.3 is 0 Å². The van der Waals surface area contributed by atoms with Crippen LogP contribution in [0, 0.1) is 5.92 Å². The minimum absolute atomic E-state index is 0.589. The maximum Gasteiger partial charge on any atom is 0.151 e. The van der Waals surface area contributed by atoms with Crippen molar-refractivity contribution in [3.63, 3.8) is 0 Å². The molecule has 2 nitrogen and oxygen atoms in total. The van der Waals surface area contributed by atoms with E-state index in [2.05, 4.69) is 0 Å². The normalized spacial score (nSPS) is 22.5. The summed E-state index contributed by atoms with van der Waals surface area (Å²) in [5, 5.41) is 8.86. The van der Waals surface area contributed by atoms with Crippen LogP contribution in [0.5, 0.6) is 0 Å². The highest BCUT2D eigenvalue weighted by Gasteiger charge is 2.12. The largest absolute Gasteiger partial charge is 0.368 e. The molecule has 0 amide bonds. The van der Waals surface area contributed by atoms with Crippen molar-refractivity contribution in [3.8, 4) is 0 Å². The first-order valence-corrected chi connectivity index (χ1v) is 5.08. The minimum atomic E-state index is -0.589. The Bertz CT molecular complexity index is 106. The molecule has 2 heteroatoms. The summed E-state index contributed by atoms with van der Waals surface area (Å²) in [5.41, 5.74) is 0. The SMILES string of the molecule is CC(O)OCCC1CCCCC1. The smallest absolute Gasteiger partial charge is 0.151 e. The molecule has 1 saturated carbocycles. The van der Waals surface area contributed by atoms with Gasteiger partial charge in [0.1, 0.15) is 0 Å². The highest BCUT2D eigenvalue weighted by atomic mass is 16.6. The number of aliphatic hydroxyl groups excluding tert-OH is 1. The second kappa shape index (κ2) is 5.55. The molecule has 0 aromatic rings. The maximum absolute atomic E-state index is 8.86. The van der Waals surface area contributed by atoms with Gasteiger partial charge in [-0.15, -0.1) is 0 Å². The van der Waals surface area contributed by atoms with Gasteiger partial charge in [-0.1, -0.05) is 32.1 Å². The molecule has 0 aliphatic heterocycles. The highest BCUT2D eigenvalue weighted by Crippen LogP contribution is 2.26. The van der Waals surface area contributed by atoms with E-state index in [0.29, 0.717) is 0 Å². The predicted molar refractivity (Wildman–Crippen MR) is 48.8 cm³/mol. The fraction of sp³-hybridized carbons (Fsp3) is 1.00. The monoisotopic (exact) mass is 172 g/mol. The van der Waals surface area contributed by atoms with Gasteiger partial charge in [0.2, 0.25) is 0 Å². The number of rotatable bonds is 4. The van der Waals surface area contributed by atoms with E-state index >= 15 is 0 Å². The molecule has 1 rings (SSSR count). The van der Waals surface area contributed by atoms with Gasteiger partial charge in [0.05, 0.1) is 0 Å². The van der Waals surface area contributed by atoms with Crippen LogP contribution in [0.15, 0.2) is 0 Å². The van der Waals surface area contributed by atoms with Crippen LogP contribution in [0.2, 0.25) is 0 Å². The summed E-state index contributed by atoms with van der Waals surface area (Å²) in [7, 11) is 0. The third kappa shape index (κ3) is 4.07. The van der Waals surface area contributed by atoms with Crippen molar-refractivity contribution in [1.82, 2.24) is 0 Å². The topological polar surface area (TPSA) is 29.5 Å². The summed E-state index contributed by atoms with van der Waals surface area (Å²) < 4.78 is 5.10. The summed E-state index contributed by atoms with van der Waals surface area (Å²) in [5.74, 6) is 0.859. The Morgan fingerprint density at radius 3 is 2.58 bits per heavy atom. The zero-order chi connectivity index (χ0) is 8.81. The summed E-state index contributed by atoms with van der Waals surface area (Å²) in [6.45, 7) is 2.39. The van der Waals surface area contributed by atoms with Crippen LogP contribution in [-0.4, -0.2) is 18.0 Å². The van der Waals surface area contributed by atoms with Crippen LogP contribution < -0.4 is 0 Å². The summed E-state index contributed by atoms with van der Waals surface area (Å²) in [6.07, 6.45) is 7.46. The van der Waals surface area contributed by atoms with Gasteiger partial charge in [-0.25, -0.2) is 0 Å². The molecule has 0 spiro atoms. The van der Waals surface area contributed by atoms with E-state index in [1.165, 1.54) is 32.1 Å². The summed E-state index contributed by atoms with van der Waals surface area (Å²) in [4.78, 5) is 0. The maximum atomic E-state index is 8.86. The molecule has 1 atom stereocenters. The van der Waals surface area contributed by atoms with Gasteiger partial charge in [0.15, 0.2) is 6.29 Å². The highest BCUT2D eigenvalue weighted by molar-refractivity contribution is 4.65. The summed E-state index contributed by atoms with van der Waals surface area (Å²) in [6, 6.07) is 0. The lowest BCUT2D eigenvalue weighted by molar-refractivity contribution is -0.0889. The lowest BCUT2D eigenvalue weighted by atomic mass is 9.87. The Labute approximate surface area is 74.9 Å². The average molecular weight is 172 g/mol. The molecule has 1 aliphatic carbocycles. The van der Waals surface area contributed by atoms with Crippen molar-refractivity contribution in [3.05, 3.63) is 0 Å². The third-order valence-corrected chi connectivity index (χ3v) is 2.61. The molecule has 0 saturated heterocycles. The van der Waals surface area contributed by atoms with Crippen molar-refractivity contribution < 1.29 is 9.84 Å². The average Bonchev–Trinajstić information content (AvgIpc) is 2.05. The zero-order valence-corrected chi connectivity index (χ0v) is 7.96. The fourth-order valence-corrected chi connectivity index (χ4v) is 1.88. The van der Waals surface area contributed by atoms with E-state index in [1.54, 1.807) is 6.92 Å². The molecule has 12 heavy (non-hydrogen) atoms. The van der Waals surface area contributed by atoms with Gasteiger partial charge in [-0.2, -0.15) is 0 Å². The number of aliphatic hydroxyl groups is 1. The Kier molecular flexibility index (Phi) is 4.62. The van der Waals surface area contributed by atoms with Crippen molar-refractivity contribution >= 4 is 0 Å². The Morgan fingerprint density at radius 1 is 1.33 bits per heavy atom. The van der Waals surface area contributed by atoms with Crippen LogP contribution in [-0.2, 0) is 4.74 Å². The molecular formula is C10H20O2. The zero-order valence-electron chi connectivity index (χ0n) is 7.96. The molecule has 0 radical (unpaired) electrons. The van der Waals surface area contributed by atoms with Crippen LogP contribution >= 0.6 is 0 Å². The number of hydrogen-bond acceptors (Lipinski definition) is 2. The van der Waals surface area contributed by atoms with Crippen LogP contribution in [0.4, 0.5) is 0 Å². The van der Waals surface area contributed by atoms with E-state index < -0.39 is 6.29 Å². The Hall–Kier alpha value is -0.0800. The number of ether oxygens (including phenoxy) is 1. The molecule has 1 aliphatic rings. The predicted octanol–water partition coefficient (Wildman–Crippen LogP) is 2.31. The quantitative estimate of drug-likeness (QED) is 0.659. The molecule has 0 aromatic carbocycles. The van der Waals surface area contributed by atoms with E-state index in [0.717, 1.165) is 18.9 Å². The molecule has 1 fully saturated rings. The van der Waals surface area contributed by atoms with Crippen LogP contribution in [0.25, 0.3) is 0 Å². The van der Waals surface area contributed by atoms with Gasteiger partial charge in [0.25, 0.3) is 0 Å². The van der Waals surface area contributed by atoms with Crippen LogP contribution in [0.3, 0.4) is 0 Å². The van der Waals surface area contributed by atoms with Crippen molar-refractivity contribution in [2.24, 2.45) is 5.92 Å². The van der Waals surface area contributed by atoms with E-state index in [-0.39, 0.29) is 0 Å². The first kappa shape index (κ1) is 10.0. The first-order chi connectivity index (χ1) is 5.79. The van der Waals surface area contributed by atoms with Crippen molar-refractivity contribution in [2.45, 2.75) is 51.7 Å². The van der Waals surface area contributed by atoms with Gasteiger partial charge in [-0.3, -0.25) is 0 Å². The molecule has 0 aromatic heterocycles. The molecule has 0 heterocycles. The van der Waals surface area contributed by atoms with Gasteiger partial charge < -0.3 is 9.84 Å². The summed E-state index contributed by atoms with van der Waals surface area (Å²) >= 11 is 0. The lowest BCUT2D eigenvalue weighted by Gasteiger charge is -2.21. The molecule has 1 N–H and O–H groups in total. The molecular weight excluding hydrogens is 152 g/mol. The number of hydrogen-bond donors (Lipinski definition) is 1. The van der Waals surface area contributed by atoms with Crippen molar-refractivity contribution in [2.75, 3.05) is 6.61 Å². The van der Waals surface area contributed by atoms with Crippen LogP contribution in [0.1, 0.15) is 45.4 Å². The van der Waals surface area contributed by atoms with Gasteiger partial charge in [-0.05, 0) is 19.3 Å². The molecule has 1 unspecified atom stereocenters. The third-order valence-electron chi connectivity index (χ3n) is 2.61. The minimum Gasteiger partial charge on any atom is -0.368 e. The standard InChI is InChI=1S/C10H20O2/c1-9(11)12-8-7-10-5-3-2-4-6-10/h9-11H,2-8H2,1H3. The van der Waals surface area contributed by atoms with E-state index in [1.807, 2.05) is 0 Å². The first-order valence-electron chi connectivity index (χ1n) is 5.08. The van der Waals surface area contributed by atoms with E-state index in [9.17, 15) is 0 Å². The molecule has 0 bridgehead atoms. The second-order valence-electron chi connectivity index (χ2n) is 3.76. The fourth-order valence-electron chi connectivity index (χ4n) is 1.88. The Balaban J connectivity index is 1.98. The lowest BCUT2D eigenvalue weighted by Crippen LogP contribution is -2.13.